The van der Waals surface area contributed by atoms with E-state index in [9.17, 15) is 18.4 Å². The third kappa shape index (κ3) is 5.22. The molecule has 4 unspecified atom stereocenters. The number of ether oxygens (including phenoxy) is 1. The van der Waals surface area contributed by atoms with E-state index in [1.807, 2.05) is 19.0 Å². The van der Waals surface area contributed by atoms with Crippen LogP contribution >= 0.6 is 0 Å². The van der Waals surface area contributed by atoms with Crippen molar-refractivity contribution >= 4 is 39.5 Å². The number of nitrogens with zero attached hydrogens (tertiary/aromatic N) is 5. The molecule has 0 spiro atoms. The van der Waals surface area contributed by atoms with Gasteiger partial charge < -0.3 is 29.5 Å². The van der Waals surface area contributed by atoms with Crippen LogP contribution in [0, 0.1) is 23.6 Å². The first-order chi connectivity index (χ1) is 22.9. The molecule has 3 aliphatic heterocycles. The number of phenolic OH excluding ortho intramolecular Hbond substituents is 1. The van der Waals surface area contributed by atoms with Gasteiger partial charge in [0.25, 0.3) is 10.8 Å². The molecule has 5 aliphatic rings. The summed E-state index contributed by atoms with van der Waals surface area (Å²) in [5.41, 5.74) is -1.41. The Bertz CT molecular complexity index is 1900. The lowest BCUT2D eigenvalue weighted by molar-refractivity contribution is 0.0990. The van der Waals surface area contributed by atoms with Gasteiger partial charge in [0, 0.05) is 54.5 Å². The van der Waals surface area contributed by atoms with Crippen molar-refractivity contribution < 1.29 is 32.0 Å². The zero-order chi connectivity index (χ0) is 33.7. The number of phenols is 1. The van der Waals surface area contributed by atoms with Crippen molar-refractivity contribution in [3.63, 3.8) is 0 Å². The van der Waals surface area contributed by atoms with Gasteiger partial charge in [-0.3, -0.25) is 0 Å². The van der Waals surface area contributed by atoms with Gasteiger partial charge in [0.05, 0.1) is 12.2 Å². The highest BCUT2D eigenvalue weighted by Gasteiger charge is 2.66. The number of anilines is 1. The highest BCUT2D eigenvalue weighted by Crippen LogP contribution is 2.56. The van der Waals surface area contributed by atoms with Crippen molar-refractivity contribution in [1.29, 1.82) is 0 Å². The van der Waals surface area contributed by atoms with E-state index in [1.165, 1.54) is 12.1 Å². The fourth-order valence-corrected chi connectivity index (χ4v) is 9.13. The van der Waals surface area contributed by atoms with Crippen molar-refractivity contribution in [3.05, 3.63) is 46.9 Å². The largest absolute Gasteiger partial charge is 0.588 e. The number of benzene rings is 2. The standard InChI is InChI=1S/C34H34F4N6O3S/c1-4-22-24(35)8-5-18-11-21(45)12-23(26(18)22)29-27(36)28-30(48(46)44(29)25-13-34(25,37)38)31(43-14-19-6-7-20(15-43)39-19)41-32(40-28)47-17-33(9-10-33)16-42(2)3/h1,5,8,11-12,19-20,25,39,45H,6-7,9-10,13-17H2,2-3H3. The number of alkyl halides is 2. The first-order valence-corrected chi connectivity index (χ1v) is 17.1. The summed E-state index contributed by atoms with van der Waals surface area (Å²) in [5, 5.41) is 14.5. The molecule has 8 rings (SSSR count). The van der Waals surface area contributed by atoms with Gasteiger partial charge in [-0.1, -0.05) is 12.0 Å². The molecule has 0 radical (unpaired) electrons. The Kier molecular flexibility index (Phi) is 7.30. The van der Waals surface area contributed by atoms with Crippen LogP contribution in [0.4, 0.5) is 23.4 Å². The average molecular weight is 683 g/mol. The number of terminal acetylenes is 1. The minimum Gasteiger partial charge on any atom is -0.588 e. The highest BCUT2D eigenvalue weighted by atomic mass is 32.2. The van der Waals surface area contributed by atoms with Crippen LogP contribution in [0.5, 0.6) is 11.8 Å². The molecule has 2 saturated heterocycles. The number of rotatable bonds is 8. The molecule has 0 amide bonds. The van der Waals surface area contributed by atoms with E-state index >= 15 is 8.78 Å². The van der Waals surface area contributed by atoms with Gasteiger partial charge in [-0.05, 0) is 63.4 Å². The van der Waals surface area contributed by atoms with Crippen LogP contribution in [0.15, 0.2) is 29.2 Å². The summed E-state index contributed by atoms with van der Waals surface area (Å²) in [5.74, 6) is -3.05. The number of piperazine rings is 1. The van der Waals surface area contributed by atoms with Crippen LogP contribution in [0.3, 0.4) is 0 Å². The Balaban J connectivity index is 1.34. The lowest BCUT2D eigenvalue weighted by Gasteiger charge is -2.37. The van der Waals surface area contributed by atoms with Crippen LogP contribution in [-0.2, 0) is 11.4 Å². The molecule has 4 atom stereocenters. The SMILES string of the molecule is C#Cc1c(F)ccc2cc(O)cc(C3=C(F)c4nc(OCC5(CN(C)C)CC5)nc(N5CC6CCC(C5)N6)c4[S+]([O-])N3C3CC3(F)F)c12. The van der Waals surface area contributed by atoms with Crippen LogP contribution < -0.4 is 15.0 Å². The van der Waals surface area contributed by atoms with Crippen LogP contribution in [0.25, 0.3) is 22.3 Å². The summed E-state index contributed by atoms with van der Waals surface area (Å²) in [6, 6.07) is 3.39. The van der Waals surface area contributed by atoms with Gasteiger partial charge >= 0.3 is 6.01 Å². The Morgan fingerprint density at radius 3 is 2.50 bits per heavy atom. The zero-order valence-electron chi connectivity index (χ0n) is 26.4. The summed E-state index contributed by atoms with van der Waals surface area (Å²) in [6.07, 6.45) is 8.73. The Morgan fingerprint density at radius 2 is 1.88 bits per heavy atom. The number of halogens is 4. The van der Waals surface area contributed by atoms with E-state index in [4.69, 9.17) is 16.1 Å². The number of fused-ring (bicyclic) bond motifs is 4. The predicted octanol–water partition coefficient (Wildman–Crippen LogP) is 4.66. The van der Waals surface area contributed by atoms with Crippen molar-refractivity contribution in [1.82, 2.24) is 24.5 Å². The highest BCUT2D eigenvalue weighted by molar-refractivity contribution is 7.89. The van der Waals surface area contributed by atoms with Gasteiger partial charge in [0.2, 0.25) is 0 Å². The number of nitrogens with one attached hydrogen (secondary N) is 1. The smallest absolute Gasteiger partial charge is 0.319 e. The molecule has 2 aliphatic carbocycles. The molecular formula is C34H34F4N6O3S. The maximum absolute atomic E-state index is 17.4. The van der Waals surface area contributed by atoms with Crippen LogP contribution in [-0.4, -0.2) is 93.2 Å². The third-order valence-electron chi connectivity index (χ3n) is 9.98. The summed E-state index contributed by atoms with van der Waals surface area (Å²) in [4.78, 5) is 13.0. The maximum atomic E-state index is 17.4. The molecule has 252 valence electrons. The molecule has 3 aromatic rings. The van der Waals surface area contributed by atoms with E-state index < -0.39 is 47.1 Å². The molecule has 4 fully saturated rings. The van der Waals surface area contributed by atoms with Crippen molar-refractivity contribution in [2.24, 2.45) is 5.41 Å². The van der Waals surface area contributed by atoms with E-state index in [0.29, 0.717) is 13.1 Å². The normalized spacial score (nSPS) is 26.6. The number of hydrogen-bond donors (Lipinski definition) is 2. The molecular weight excluding hydrogens is 648 g/mol. The molecule has 4 heterocycles. The molecule has 14 heteroatoms. The van der Waals surface area contributed by atoms with Gasteiger partial charge in [0.15, 0.2) is 17.3 Å². The second-order valence-electron chi connectivity index (χ2n) is 14.0. The van der Waals surface area contributed by atoms with Crippen LogP contribution in [0.1, 0.15) is 48.9 Å². The molecule has 2 bridgehead atoms. The molecule has 1 aromatic heterocycles. The van der Waals surface area contributed by atoms with Gasteiger partial charge in [-0.15, -0.1) is 6.42 Å². The second kappa shape index (κ2) is 11.1. The zero-order valence-corrected chi connectivity index (χ0v) is 27.2. The van der Waals surface area contributed by atoms with Crippen LogP contribution in [0.2, 0.25) is 0 Å². The fourth-order valence-electron chi connectivity index (χ4n) is 7.49. The summed E-state index contributed by atoms with van der Waals surface area (Å²) in [6.45, 7) is 2.03. The quantitative estimate of drug-likeness (QED) is 0.200. The van der Waals surface area contributed by atoms with E-state index in [2.05, 4.69) is 21.1 Å². The Labute approximate surface area is 278 Å². The van der Waals surface area contributed by atoms with Gasteiger partial charge in [-0.25, -0.2) is 17.6 Å². The minimum atomic E-state index is -3.28. The third-order valence-corrected chi connectivity index (χ3v) is 11.5. The number of aromatic hydroxyl groups is 1. The summed E-state index contributed by atoms with van der Waals surface area (Å²) in [7, 11) is 3.95. The van der Waals surface area contributed by atoms with Gasteiger partial charge in [-0.2, -0.15) is 14.3 Å². The molecule has 2 aromatic carbocycles. The van der Waals surface area contributed by atoms with E-state index in [0.717, 1.165) is 48.7 Å². The predicted molar refractivity (Wildman–Crippen MR) is 173 cm³/mol. The second-order valence-corrected chi connectivity index (χ2v) is 15.3. The minimum absolute atomic E-state index is 0.0126. The van der Waals surface area contributed by atoms with Gasteiger partial charge in [0.1, 0.15) is 34.7 Å². The Morgan fingerprint density at radius 1 is 1.17 bits per heavy atom. The summed E-state index contributed by atoms with van der Waals surface area (Å²) < 4.78 is 84.1. The lowest BCUT2D eigenvalue weighted by atomic mass is 9.95. The first kappa shape index (κ1) is 31.5. The molecule has 2 N–H and O–H groups in total. The monoisotopic (exact) mass is 682 g/mol. The first-order valence-electron chi connectivity index (χ1n) is 16.0. The van der Waals surface area contributed by atoms with Crippen molar-refractivity contribution in [2.45, 2.75) is 61.0 Å². The lowest BCUT2D eigenvalue weighted by Crippen LogP contribution is -2.52. The molecule has 48 heavy (non-hydrogen) atoms. The number of hydrogen-bond acceptors (Lipinski definition) is 9. The fraction of sp³-hybridized carbons (Fsp3) is 0.471. The van der Waals surface area contributed by atoms with Crippen molar-refractivity contribution in [2.75, 3.05) is 45.2 Å². The number of aromatic nitrogens is 2. The van der Waals surface area contributed by atoms with E-state index in [1.54, 1.807) is 0 Å². The topological polar surface area (TPSA) is 100 Å². The Hall–Kier alpha value is -3.77. The maximum Gasteiger partial charge on any atom is 0.319 e. The molecule has 2 saturated carbocycles. The average Bonchev–Trinajstić information content (AvgIpc) is 3.91. The summed E-state index contributed by atoms with van der Waals surface area (Å²) >= 11 is -2.44. The molecule has 9 nitrogen and oxygen atoms in total. The van der Waals surface area contributed by atoms with E-state index in [-0.39, 0.29) is 74.2 Å². The van der Waals surface area contributed by atoms with Crippen molar-refractivity contribution in [3.8, 4) is 24.1 Å².